The van der Waals surface area contributed by atoms with Gasteiger partial charge >= 0.3 is 5.97 Å². The van der Waals surface area contributed by atoms with E-state index in [0.717, 1.165) is 37.7 Å². The molecule has 0 heterocycles. The molecule has 0 spiro atoms. The average molecular weight is 494 g/mol. The summed E-state index contributed by atoms with van der Waals surface area (Å²) < 4.78 is 0. The number of amides is 2. The predicted molar refractivity (Wildman–Crippen MR) is 137 cm³/mol. The summed E-state index contributed by atoms with van der Waals surface area (Å²) in [7, 11) is 0. The molecule has 1 aliphatic rings. The van der Waals surface area contributed by atoms with Gasteiger partial charge in [0.05, 0.1) is 18.6 Å². The number of aliphatic carboxylic acids is 1. The van der Waals surface area contributed by atoms with E-state index < -0.39 is 18.1 Å². The molecule has 192 valence electrons. The van der Waals surface area contributed by atoms with E-state index in [1.54, 1.807) is 31.2 Å². The standard InChI is InChI=1S/C28H35N3O5/c1-20(28(36)31(19-26(33)34)23-15-9-4-10-16-23)29-18-25(32)24(17-21-11-5-2-6-12-21)30-27(35)22-13-7-3-8-14-22/h2-3,5-8,11-14,20,23-24,29H,4,9-10,15-19H2,1H3,(H,30,35)(H,33,34)/t20-,24-/m0/s1. The Morgan fingerprint density at radius 2 is 1.56 bits per heavy atom. The molecule has 0 radical (unpaired) electrons. The van der Waals surface area contributed by atoms with E-state index in [9.17, 15) is 24.3 Å². The smallest absolute Gasteiger partial charge is 0.323 e. The van der Waals surface area contributed by atoms with E-state index in [1.807, 2.05) is 36.4 Å². The molecule has 0 unspecified atom stereocenters. The number of ketones is 1. The molecule has 0 aromatic heterocycles. The summed E-state index contributed by atoms with van der Waals surface area (Å²) >= 11 is 0. The number of carboxylic acid groups (broad SMARTS) is 1. The van der Waals surface area contributed by atoms with Crippen molar-refractivity contribution < 1.29 is 24.3 Å². The van der Waals surface area contributed by atoms with E-state index in [-0.39, 0.29) is 36.7 Å². The van der Waals surface area contributed by atoms with Crippen LogP contribution < -0.4 is 10.6 Å². The molecule has 0 saturated heterocycles. The molecule has 1 fully saturated rings. The summed E-state index contributed by atoms with van der Waals surface area (Å²) in [5, 5.41) is 15.1. The highest BCUT2D eigenvalue weighted by molar-refractivity contribution is 5.98. The minimum atomic E-state index is -1.05. The van der Waals surface area contributed by atoms with Crippen molar-refractivity contribution in [2.75, 3.05) is 13.1 Å². The van der Waals surface area contributed by atoms with Gasteiger partial charge < -0.3 is 15.3 Å². The number of rotatable bonds is 12. The minimum Gasteiger partial charge on any atom is -0.480 e. The summed E-state index contributed by atoms with van der Waals surface area (Å²) in [4.78, 5) is 51.9. The second kappa shape index (κ2) is 13.5. The van der Waals surface area contributed by atoms with E-state index in [4.69, 9.17) is 0 Å². The van der Waals surface area contributed by atoms with Crippen molar-refractivity contribution >= 4 is 23.6 Å². The second-order valence-corrected chi connectivity index (χ2v) is 9.30. The fourth-order valence-electron chi connectivity index (χ4n) is 4.56. The van der Waals surface area contributed by atoms with Gasteiger partial charge in [-0.15, -0.1) is 0 Å². The molecule has 0 aliphatic heterocycles. The molecule has 2 amide bonds. The van der Waals surface area contributed by atoms with Crippen LogP contribution in [0.2, 0.25) is 0 Å². The van der Waals surface area contributed by atoms with Gasteiger partial charge in [0.15, 0.2) is 5.78 Å². The quantitative estimate of drug-likeness (QED) is 0.419. The Morgan fingerprint density at radius 3 is 2.17 bits per heavy atom. The number of nitrogens with zero attached hydrogens (tertiary/aromatic N) is 1. The number of carbonyl (C=O) groups excluding carboxylic acids is 3. The lowest BCUT2D eigenvalue weighted by Crippen LogP contribution is -2.53. The van der Waals surface area contributed by atoms with Crippen LogP contribution in [0, 0.1) is 0 Å². The van der Waals surface area contributed by atoms with Crippen molar-refractivity contribution in [3.8, 4) is 0 Å². The summed E-state index contributed by atoms with van der Waals surface area (Å²) in [6.07, 6.45) is 4.92. The number of carbonyl (C=O) groups is 4. The zero-order chi connectivity index (χ0) is 25.9. The third kappa shape index (κ3) is 8.02. The highest BCUT2D eigenvalue weighted by Gasteiger charge is 2.31. The van der Waals surface area contributed by atoms with Gasteiger partial charge in [-0.2, -0.15) is 0 Å². The van der Waals surface area contributed by atoms with Crippen molar-refractivity contribution in [1.29, 1.82) is 0 Å². The van der Waals surface area contributed by atoms with E-state index in [2.05, 4.69) is 10.6 Å². The lowest BCUT2D eigenvalue weighted by molar-refractivity contribution is -0.147. The SMILES string of the molecule is C[C@H](NCC(=O)[C@H](Cc1ccccc1)NC(=O)c1ccccc1)C(=O)N(CC(=O)O)C1CCCCC1. The van der Waals surface area contributed by atoms with E-state index in [0.29, 0.717) is 12.0 Å². The summed E-state index contributed by atoms with van der Waals surface area (Å²) in [5.74, 6) is -1.99. The molecule has 2 atom stereocenters. The summed E-state index contributed by atoms with van der Waals surface area (Å²) in [6, 6.07) is 16.5. The first-order valence-electron chi connectivity index (χ1n) is 12.5. The van der Waals surface area contributed by atoms with E-state index in [1.165, 1.54) is 4.90 Å². The van der Waals surface area contributed by atoms with Gasteiger partial charge in [0, 0.05) is 11.6 Å². The molecule has 36 heavy (non-hydrogen) atoms. The van der Waals surface area contributed by atoms with Gasteiger partial charge in [-0.05, 0) is 43.9 Å². The van der Waals surface area contributed by atoms with Crippen LogP contribution in [-0.4, -0.2) is 64.8 Å². The normalized spacial score (nSPS) is 15.5. The van der Waals surface area contributed by atoms with Gasteiger partial charge in [0.1, 0.15) is 6.54 Å². The van der Waals surface area contributed by atoms with E-state index >= 15 is 0 Å². The van der Waals surface area contributed by atoms with Crippen LogP contribution in [0.1, 0.15) is 54.9 Å². The van der Waals surface area contributed by atoms with Crippen molar-refractivity contribution in [1.82, 2.24) is 15.5 Å². The summed E-state index contributed by atoms with van der Waals surface area (Å²) in [5.41, 5.74) is 1.36. The maximum absolute atomic E-state index is 13.2. The first-order valence-corrected chi connectivity index (χ1v) is 12.5. The Labute approximate surface area is 212 Å². The molecular weight excluding hydrogens is 458 g/mol. The van der Waals surface area contributed by atoms with Crippen molar-refractivity contribution in [3.05, 3.63) is 71.8 Å². The van der Waals surface area contributed by atoms with Crippen LogP contribution in [0.15, 0.2) is 60.7 Å². The highest BCUT2D eigenvalue weighted by Crippen LogP contribution is 2.23. The molecule has 3 rings (SSSR count). The first kappa shape index (κ1) is 27.1. The predicted octanol–water partition coefficient (Wildman–Crippen LogP) is 2.82. The number of nitrogens with one attached hydrogen (secondary N) is 2. The maximum Gasteiger partial charge on any atom is 0.323 e. The second-order valence-electron chi connectivity index (χ2n) is 9.30. The Hall–Kier alpha value is -3.52. The summed E-state index contributed by atoms with van der Waals surface area (Å²) in [6.45, 7) is 1.15. The van der Waals surface area contributed by atoms with Crippen LogP contribution in [-0.2, 0) is 20.8 Å². The Bertz CT molecular complexity index is 1020. The molecule has 2 aromatic carbocycles. The fraction of sp³-hybridized carbons (Fsp3) is 0.429. The van der Waals surface area contributed by atoms with Crippen LogP contribution in [0.4, 0.5) is 0 Å². The Morgan fingerprint density at radius 1 is 0.944 bits per heavy atom. The topological polar surface area (TPSA) is 116 Å². The maximum atomic E-state index is 13.2. The number of benzene rings is 2. The first-order chi connectivity index (χ1) is 17.3. The van der Waals surface area contributed by atoms with Crippen molar-refractivity contribution in [2.24, 2.45) is 0 Å². The number of hydrogen-bond acceptors (Lipinski definition) is 5. The van der Waals surface area contributed by atoms with Crippen LogP contribution >= 0.6 is 0 Å². The highest BCUT2D eigenvalue weighted by atomic mass is 16.4. The molecule has 0 bridgehead atoms. The molecule has 8 nitrogen and oxygen atoms in total. The van der Waals surface area contributed by atoms with Crippen LogP contribution in [0.5, 0.6) is 0 Å². The number of hydrogen-bond donors (Lipinski definition) is 3. The lowest BCUT2D eigenvalue weighted by atomic mass is 9.93. The molecule has 3 N–H and O–H groups in total. The van der Waals surface area contributed by atoms with Gasteiger partial charge in [-0.25, -0.2) is 0 Å². The molecule has 2 aromatic rings. The molecule has 8 heteroatoms. The van der Waals surface area contributed by atoms with Gasteiger partial charge in [-0.1, -0.05) is 67.8 Å². The zero-order valence-electron chi connectivity index (χ0n) is 20.7. The van der Waals surface area contributed by atoms with Gasteiger partial charge in [0.2, 0.25) is 5.91 Å². The fourth-order valence-corrected chi connectivity index (χ4v) is 4.56. The Balaban J connectivity index is 1.65. The third-order valence-electron chi connectivity index (χ3n) is 6.57. The van der Waals surface area contributed by atoms with Crippen LogP contribution in [0.25, 0.3) is 0 Å². The Kier molecular flexibility index (Phi) is 10.2. The van der Waals surface area contributed by atoms with Gasteiger partial charge in [0.25, 0.3) is 5.91 Å². The zero-order valence-corrected chi connectivity index (χ0v) is 20.7. The minimum absolute atomic E-state index is 0.0988. The van der Waals surface area contributed by atoms with Crippen molar-refractivity contribution in [2.45, 2.75) is 63.6 Å². The average Bonchev–Trinajstić information content (AvgIpc) is 2.90. The van der Waals surface area contributed by atoms with Gasteiger partial charge in [-0.3, -0.25) is 24.5 Å². The number of carboxylic acids is 1. The number of Topliss-reactive ketones (excluding diaryl/α,β-unsaturated/α-hetero) is 1. The monoisotopic (exact) mass is 493 g/mol. The van der Waals surface area contributed by atoms with Crippen LogP contribution in [0.3, 0.4) is 0 Å². The molecule has 1 saturated carbocycles. The van der Waals surface area contributed by atoms with Crippen molar-refractivity contribution in [3.63, 3.8) is 0 Å². The lowest BCUT2D eigenvalue weighted by Gasteiger charge is -2.35. The largest absolute Gasteiger partial charge is 0.480 e. The molecule has 1 aliphatic carbocycles. The molecular formula is C28H35N3O5. The third-order valence-corrected chi connectivity index (χ3v) is 6.57.